The lowest BCUT2D eigenvalue weighted by Gasteiger charge is -2.30. The Morgan fingerprint density at radius 2 is 1.76 bits per heavy atom. The first-order chi connectivity index (χ1) is 9.75. The minimum atomic E-state index is -4.18. The van der Waals surface area contributed by atoms with Gasteiger partial charge in [-0.1, -0.05) is 0 Å². The molecule has 0 radical (unpaired) electrons. The van der Waals surface area contributed by atoms with Crippen LogP contribution in [0.1, 0.15) is 25.7 Å². The molecule has 0 unspecified atom stereocenters. The number of halogens is 4. The van der Waals surface area contributed by atoms with E-state index in [2.05, 4.69) is 5.32 Å². The Bertz CT molecular complexity index is 525. The van der Waals surface area contributed by atoms with Crippen LogP contribution in [0.15, 0.2) is 18.2 Å². The molecule has 1 aromatic carbocycles. The standard InChI is InChI=1S/C13H14F4N2O2/c14-9-5-11(7-12(6-9)19(20)21)18-10-3-1-8(2-4-10)13(15,16)17/h5-8,10,18H,1-4H2. The summed E-state index contributed by atoms with van der Waals surface area (Å²) < 4.78 is 50.9. The number of alkyl halides is 3. The predicted octanol–water partition coefficient (Wildman–Crippen LogP) is 4.27. The third kappa shape index (κ3) is 4.05. The molecule has 0 spiro atoms. The Morgan fingerprint density at radius 3 is 2.29 bits per heavy atom. The number of nitro groups is 1. The SMILES string of the molecule is O=[N+]([O-])c1cc(F)cc(NC2CCC(C(F)(F)F)CC2)c1. The maximum Gasteiger partial charge on any atom is 0.391 e. The van der Waals surface area contributed by atoms with Gasteiger partial charge in [0.2, 0.25) is 0 Å². The molecule has 0 saturated heterocycles. The van der Waals surface area contributed by atoms with Gasteiger partial charge in [0.05, 0.1) is 16.9 Å². The molecule has 4 nitrogen and oxygen atoms in total. The Balaban J connectivity index is 1.99. The number of benzene rings is 1. The number of non-ortho nitro benzene ring substituents is 1. The lowest BCUT2D eigenvalue weighted by Crippen LogP contribution is -2.32. The molecule has 1 aliphatic rings. The molecule has 8 heteroatoms. The van der Waals surface area contributed by atoms with Gasteiger partial charge in [0.15, 0.2) is 0 Å². The zero-order valence-electron chi connectivity index (χ0n) is 11.0. The third-order valence-corrected chi connectivity index (χ3v) is 3.65. The lowest BCUT2D eigenvalue weighted by atomic mass is 9.85. The van der Waals surface area contributed by atoms with E-state index in [1.54, 1.807) is 0 Å². The second-order valence-corrected chi connectivity index (χ2v) is 5.19. The Morgan fingerprint density at radius 1 is 1.14 bits per heavy atom. The third-order valence-electron chi connectivity index (χ3n) is 3.65. The van der Waals surface area contributed by atoms with E-state index in [1.807, 2.05) is 0 Å². The van der Waals surface area contributed by atoms with Crippen LogP contribution in [-0.4, -0.2) is 17.1 Å². The zero-order chi connectivity index (χ0) is 15.6. The maximum atomic E-state index is 13.3. The Labute approximate surface area is 118 Å². The number of nitrogens with zero attached hydrogens (tertiary/aromatic N) is 1. The molecule has 0 bridgehead atoms. The summed E-state index contributed by atoms with van der Waals surface area (Å²) in [5, 5.41) is 13.5. The van der Waals surface area contributed by atoms with Crippen LogP contribution in [0.2, 0.25) is 0 Å². The van der Waals surface area contributed by atoms with Crippen molar-refractivity contribution in [2.24, 2.45) is 5.92 Å². The highest BCUT2D eigenvalue weighted by Gasteiger charge is 2.41. The van der Waals surface area contributed by atoms with Crippen molar-refractivity contribution in [3.63, 3.8) is 0 Å². The summed E-state index contributed by atoms with van der Waals surface area (Å²) in [6, 6.07) is 2.85. The van der Waals surface area contributed by atoms with Crippen molar-refractivity contribution in [2.75, 3.05) is 5.32 Å². The summed E-state index contributed by atoms with van der Waals surface area (Å²) in [7, 11) is 0. The van der Waals surface area contributed by atoms with Gasteiger partial charge in [-0.2, -0.15) is 13.2 Å². The molecule has 1 N–H and O–H groups in total. The summed E-state index contributed by atoms with van der Waals surface area (Å²) in [6.07, 6.45) is -3.55. The highest BCUT2D eigenvalue weighted by Crippen LogP contribution is 2.38. The van der Waals surface area contributed by atoms with Crippen LogP contribution in [0.4, 0.5) is 28.9 Å². The molecule has 0 amide bonds. The molecule has 1 aromatic rings. The number of nitro benzene ring substituents is 1. The quantitative estimate of drug-likeness (QED) is 0.515. The lowest BCUT2D eigenvalue weighted by molar-refractivity contribution is -0.385. The van der Waals surface area contributed by atoms with Crippen LogP contribution in [0.25, 0.3) is 0 Å². The molecule has 116 valence electrons. The van der Waals surface area contributed by atoms with E-state index >= 15 is 0 Å². The van der Waals surface area contributed by atoms with Crippen LogP contribution in [0.3, 0.4) is 0 Å². The molecule has 1 saturated carbocycles. The summed E-state index contributed by atoms with van der Waals surface area (Å²) >= 11 is 0. The predicted molar refractivity (Wildman–Crippen MR) is 68.5 cm³/mol. The molecular formula is C13H14F4N2O2. The fraction of sp³-hybridized carbons (Fsp3) is 0.538. The molecule has 1 aliphatic carbocycles. The van der Waals surface area contributed by atoms with Gasteiger partial charge in [0.1, 0.15) is 5.82 Å². The number of hydrogen-bond donors (Lipinski definition) is 1. The first-order valence-corrected chi connectivity index (χ1v) is 6.54. The summed E-state index contributed by atoms with van der Waals surface area (Å²) in [6.45, 7) is 0. The smallest absolute Gasteiger partial charge is 0.382 e. The summed E-state index contributed by atoms with van der Waals surface area (Å²) in [5.74, 6) is -2.05. The largest absolute Gasteiger partial charge is 0.391 e. The number of hydrogen-bond acceptors (Lipinski definition) is 3. The molecule has 0 heterocycles. The van der Waals surface area contributed by atoms with Crippen molar-refractivity contribution in [1.29, 1.82) is 0 Å². The highest BCUT2D eigenvalue weighted by molar-refractivity contribution is 5.52. The van der Waals surface area contributed by atoms with Crippen molar-refractivity contribution in [3.05, 3.63) is 34.1 Å². The second kappa shape index (κ2) is 5.87. The van der Waals surface area contributed by atoms with Crippen molar-refractivity contribution >= 4 is 11.4 Å². The van der Waals surface area contributed by atoms with Gasteiger partial charge in [-0.3, -0.25) is 10.1 Å². The zero-order valence-corrected chi connectivity index (χ0v) is 11.0. The Kier molecular flexibility index (Phi) is 4.34. The molecular weight excluding hydrogens is 292 g/mol. The Hall–Kier alpha value is -1.86. The van der Waals surface area contributed by atoms with E-state index in [0.717, 1.165) is 12.1 Å². The van der Waals surface area contributed by atoms with Gasteiger partial charge < -0.3 is 5.32 Å². The van der Waals surface area contributed by atoms with E-state index < -0.39 is 22.8 Å². The topological polar surface area (TPSA) is 55.2 Å². The normalized spacial score (nSPS) is 22.9. The number of nitrogens with one attached hydrogen (secondary N) is 1. The van der Waals surface area contributed by atoms with Gasteiger partial charge in [0.25, 0.3) is 5.69 Å². The monoisotopic (exact) mass is 306 g/mol. The highest BCUT2D eigenvalue weighted by atomic mass is 19.4. The molecule has 2 rings (SSSR count). The van der Waals surface area contributed by atoms with Crippen molar-refractivity contribution < 1.29 is 22.5 Å². The first kappa shape index (κ1) is 15.5. The van der Waals surface area contributed by atoms with Gasteiger partial charge in [0, 0.05) is 17.8 Å². The van der Waals surface area contributed by atoms with Crippen LogP contribution in [-0.2, 0) is 0 Å². The van der Waals surface area contributed by atoms with Gasteiger partial charge in [-0.15, -0.1) is 0 Å². The van der Waals surface area contributed by atoms with Gasteiger partial charge >= 0.3 is 6.18 Å². The molecule has 0 aliphatic heterocycles. The molecule has 0 aromatic heterocycles. The number of rotatable bonds is 3. The summed E-state index contributed by atoms with van der Waals surface area (Å²) in [5.41, 5.74) is -0.168. The van der Waals surface area contributed by atoms with Crippen LogP contribution in [0, 0.1) is 21.8 Å². The van der Waals surface area contributed by atoms with Crippen molar-refractivity contribution in [3.8, 4) is 0 Å². The molecule has 1 fully saturated rings. The van der Waals surface area contributed by atoms with Gasteiger partial charge in [-0.25, -0.2) is 4.39 Å². The fourth-order valence-electron chi connectivity index (χ4n) is 2.56. The van der Waals surface area contributed by atoms with Crippen LogP contribution in [0.5, 0.6) is 0 Å². The first-order valence-electron chi connectivity index (χ1n) is 6.54. The maximum absolute atomic E-state index is 13.3. The average molecular weight is 306 g/mol. The second-order valence-electron chi connectivity index (χ2n) is 5.19. The summed E-state index contributed by atoms with van der Waals surface area (Å²) in [4.78, 5) is 9.92. The van der Waals surface area contributed by atoms with E-state index in [0.29, 0.717) is 12.8 Å². The van der Waals surface area contributed by atoms with Gasteiger partial charge in [-0.05, 0) is 31.7 Å². The minimum Gasteiger partial charge on any atom is -0.382 e. The van der Waals surface area contributed by atoms with E-state index in [4.69, 9.17) is 0 Å². The average Bonchev–Trinajstić information content (AvgIpc) is 2.37. The van der Waals surface area contributed by atoms with E-state index in [-0.39, 0.29) is 30.3 Å². The van der Waals surface area contributed by atoms with Crippen molar-refractivity contribution in [1.82, 2.24) is 0 Å². The van der Waals surface area contributed by atoms with E-state index in [9.17, 15) is 27.7 Å². The molecule has 21 heavy (non-hydrogen) atoms. The van der Waals surface area contributed by atoms with Crippen molar-refractivity contribution in [2.45, 2.75) is 37.9 Å². The van der Waals surface area contributed by atoms with Crippen LogP contribution >= 0.6 is 0 Å². The molecule has 0 atom stereocenters. The van der Waals surface area contributed by atoms with E-state index in [1.165, 1.54) is 6.07 Å². The van der Waals surface area contributed by atoms with Crippen LogP contribution < -0.4 is 5.32 Å². The fourth-order valence-corrected chi connectivity index (χ4v) is 2.56. The minimum absolute atomic E-state index is 0.0125. The number of anilines is 1.